The molecule has 3 aliphatic rings. The van der Waals surface area contributed by atoms with Gasteiger partial charge in [-0.1, -0.05) is 23.7 Å². The van der Waals surface area contributed by atoms with Gasteiger partial charge in [0.05, 0.1) is 11.5 Å². The van der Waals surface area contributed by atoms with Crippen LogP contribution in [0.1, 0.15) is 57.6 Å². The molecule has 3 fully saturated rings. The van der Waals surface area contributed by atoms with E-state index in [-0.39, 0.29) is 36.5 Å². The van der Waals surface area contributed by atoms with Crippen molar-refractivity contribution in [2.24, 2.45) is 5.41 Å². The molecule has 4 rings (SSSR count). The summed E-state index contributed by atoms with van der Waals surface area (Å²) < 4.78 is 5.10. The highest BCUT2D eigenvalue weighted by Gasteiger charge is 2.60. The minimum absolute atomic E-state index is 0.0207. The molecular formula is C21H30ClN3O6. The van der Waals surface area contributed by atoms with Crippen molar-refractivity contribution in [2.75, 3.05) is 13.1 Å². The predicted molar refractivity (Wildman–Crippen MR) is 111 cm³/mol. The first-order valence-corrected chi connectivity index (χ1v) is 11.2. The maximum absolute atomic E-state index is 13.5. The molecule has 0 aromatic carbocycles. The van der Waals surface area contributed by atoms with E-state index in [9.17, 15) is 14.7 Å². The molecule has 0 unspecified atom stereocenters. The van der Waals surface area contributed by atoms with E-state index >= 15 is 0 Å². The third-order valence-electron chi connectivity index (χ3n) is 6.95. The molecule has 2 bridgehead atoms. The van der Waals surface area contributed by atoms with Crippen LogP contribution < -0.4 is 0 Å². The molecule has 10 heteroatoms. The number of rotatable bonds is 5. The number of carbonyl (C=O) groups excluding carboxylic acids is 2. The van der Waals surface area contributed by atoms with Gasteiger partial charge in [-0.15, -0.1) is 0 Å². The number of fused-ring (bicyclic) bond motifs is 2. The van der Waals surface area contributed by atoms with Crippen LogP contribution in [0.4, 0.5) is 0 Å². The van der Waals surface area contributed by atoms with Gasteiger partial charge in [0.2, 0.25) is 11.8 Å². The molecule has 31 heavy (non-hydrogen) atoms. The molecule has 2 amide bonds. The Morgan fingerprint density at radius 3 is 2.58 bits per heavy atom. The number of likely N-dealkylation sites (tertiary alicyclic amines) is 1. The Balaban J connectivity index is 0.000000858. The number of nitrogens with zero attached hydrogens (tertiary/aromatic N) is 3. The van der Waals surface area contributed by atoms with E-state index in [0.717, 1.165) is 25.7 Å². The van der Waals surface area contributed by atoms with E-state index in [4.69, 9.17) is 26.0 Å². The van der Waals surface area contributed by atoms with Crippen LogP contribution in [0.2, 0.25) is 5.15 Å². The van der Waals surface area contributed by atoms with Gasteiger partial charge in [0, 0.05) is 44.1 Å². The van der Waals surface area contributed by atoms with Gasteiger partial charge >= 0.3 is 0 Å². The number of carboxylic acid groups (broad SMARTS) is 1. The Kier molecular flexibility index (Phi) is 7.59. The van der Waals surface area contributed by atoms with Gasteiger partial charge in [0.15, 0.2) is 5.15 Å². The Labute approximate surface area is 186 Å². The van der Waals surface area contributed by atoms with E-state index in [1.54, 1.807) is 6.07 Å². The van der Waals surface area contributed by atoms with Crippen LogP contribution in [-0.2, 0) is 20.8 Å². The summed E-state index contributed by atoms with van der Waals surface area (Å²) in [5.41, 5.74) is -0.476. The monoisotopic (exact) mass is 455 g/mol. The summed E-state index contributed by atoms with van der Waals surface area (Å²) in [5.74, 6) is 0.862. The van der Waals surface area contributed by atoms with Crippen LogP contribution >= 0.6 is 11.6 Å². The first-order chi connectivity index (χ1) is 14.9. The number of aliphatic hydroxyl groups excluding tert-OH is 1. The normalized spacial score (nSPS) is 27.7. The van der Waals surface area contributed by atoms with Gasteiger partial charge in [0.1, 0.15) is 5.76 Å². The molecule has 0 radical (unpaired) electrons. The largest absolute Gasteiger partial charge is 0.483 e. The van der Waals surface area contributed by atoms with Crippen molar-refractivity contribution in [1.82, 2.24) is 15.0 Å². The summed E-state index contributed by atoms with van der Waals surface area (Å²) in [6, 6.07) is 1.76. The van der Waals surface area contributed by atoms with Crippen molar-refractivity contribution in [3.05, 3.63) is 17.0 Å². The summed E-state index contributed by atoms with van der Waals surface area (Å²) in [5, 5.41) is 20.6. The molecule has 3 saturated heterocycles. The predicted octanol–water partition coefficient (Wildman–Crippen LogP) is 2.10. The van der Waals surface area contributed by atoms with E-state index in [2.05, 4.69) is 12.1 Å². The molecule has 4 heterocycles. The van der Waals surface area contributed by atoms with Crippen LogP contribution in [0.15, 0.2) is 10.6 Å². The molecule has 3 atom stereocenters. The van der Waals surface area contributed by atoms with E-state index in [0.29, 0.717) is 49.7 Å². The number of aromatic nitrogens is 1. The first-order valence-electron chi connectivity index (χ1n) is 10.8. The van der Waals surface area contributed by atoms with Gasteiger partial charge < -0.3 is 24.5 Å². The van der Waals surface area contributed by atoms with Crippen LogP contribution in [0, 0.1) is 5.41 Å². The molecule has 1 aromatic rings. The van der Waals surface area contributed by atoms with Crippen molar-refractivity contribution in [3.63, 3.8) is 0 Å². The quantitative estimate of drug-likeness (QED) is 0.651. The number of halogens is 1. The minimum atomic E-state index is -0.476. The zero-order valence-corrected chi connectivity index (χ0v) is 18.5. The molecule has 3 aliphatic heterocycles. The third-order valence-corrected chi connectivity index (χ3v) is 7.13. The molecule has 2 N–H and O–H groups in total. The lowest BCUT2D eigenvalue weighted by atomic mass is 9.70. The Morgan fingerprint density at radius 2 is 2.00 bits per heavy atom. The van der Waals surface area contributed by atoms with Crippen molar-refractivity contribution >= 4 is 29.9 Å². The second-order valence-corrected chi connectivity index (χ2v) is 8.89. The Hall–Kier alpha value is -2.13. The Morgan fingerprint density at radius 1 is 1.32 bits per heavy atom. The smallest absolute Gasteiger partial charge is 0.290 e. The average Bonchev–Trinajstić information content (AvgIpc) is 3.46. The molecular weight excluding hydrogens is 426 g/mol. The Bertz CT molecular complexity index is 794. The molecule has 9 nitrogen and oxygen atoms in total. The maximum atomic E-state index is 13.5. The lowest BCUT2D eigenvalue weighted by molar-refractivity contribution is -0.147. The fourth-order valence-electron chi connectivity index (χ4n) is 5.47. The topological polar surface area (TPSA) is 124 Å². The zero-order chi connectivity index (χ0) is 22.6. The highest BCUT2D eigenvalue weighted by Crippen LogP contribution is 2.53. The van der Waals surface area contributed by atoms with E-state index in [1.807, 2.05) is 9.80 Å². The summed E-state index contributed by atoms with van der Waals surface area (Å²) in [7, 11) is 0. The zero-order valence-electron chi connectivity index (χ0n) is 17.7. The first kappa shape index (κ1) is 23.5. The van der Waals surface area contributed by atoms with Gasteiger partial charge in [-0.25, -0.2) is 0 Å². The third kappa shape index (κ3) is 4.72. The number of amides is 2. The number of hydrogen-bond acceptors (Lipinski definition) is 6. The van der Waals surface area contributed by atoms with Gasteiger partial charge in [-0.05, 0) is 38.5 Å². The molecule has 0 spiro atoms. The summed E-state index contributed by atoms with van der Waals surface area (Å²) in [6.45, 7) is 3.04. The lowest BCUT2D eigenvalue weighted by Gasteiger charge is -2.41. The van der Waals surface area contributed by atoms with Gasteiger partial charge in [0.25, 0.3) is 6.47 Å². The lowest BCUT2D eigenvalue weighted by Crippen LogP contribution is -2.53. The summed E-state index contributed by atoms with van der Waals surface area (Å²) in [6.07, 6.45) is 5.14. The van der Waals surface area contributed by atoms with Gasteiger partial charge in [-0.3, -0.25) is 14.4 Å². The van der Waals surface area contributed by atoms with Crippen molar-refractivity contribution in [3.8, 4) is 0 Å². The number of aryl methyl sites for hydroxylation is 1. The second-order valence-electron chi connectivity index (χ2n) is 8.51. The fraction of sp³-hybridized carbons (Fsp3) is 0.714. The van der Waals surface area contributed by atoms with E-state index in [1.165, 1.54) is 0 Å². The molecule has 172 valence electrons. The van der Waals surface area contributed by atoms with Crippen molar-refractivity contribution < 1.29 is 29.1 Å². The molecule has 1 aromatic heterocycles. The standard InChI is InChI=1S/C20H28ClN3O4.CH2O2/c1-2-20(19(27)23-9-7-14(25)8-10-23)12-13-3-5-16(20)24(13)18(26)6-4-15-11-17(21)22-28-15;2-1-3/h11,13-14,16,25H,2-10,12H2,1H3;1H,(H,2,3)/t13-,16+,20+;/m1./s1. The molecule has 0 aliphatic carbocycles. The van der Waals surface area contributed by atoms with Crippen LogP contribution in [0.3, 0.4) is 0 Å². The van der Waals surface area contributed by atoms with Crippen LogP contribution in [0.5, 0.6) is 0 Å². The highest BCUT2D eigenvalue weighted by molar-refractivity contribution is 6.29. The fourth-order valence-corrected chi connectivity index (χ4v) is 5.63. The van der Waals surface area contributed by atoms with Crippen molar-refractivity contribution in [2.45, 2.75) is 76.5 Å². The number of piperidine rings is 1. The van der Waals surface area contributed by atoms with Crippen molar-refractivity contribution in [1.29, 1.82) is 0 Å². The van der Waals surface area contributed by atoms with E-state index < -0.39 is 5.41 Å². The SMILES string of the molecule is CC[C@]1(C(=O)N2CCC(O)CC2)C[C@H]2CC[C@@H]1N2C(=O)CCc1cc(Cl)no1.O=CO. The second kappa shape index (κ2) is 9.99. The minimum Gasteiger partial charge on any atom is -0.483 e. The highest BCUT2D eigenvalue weighted by atomic mass is 35.5. The van der Waals surface area contributed by atoms with Gasteiger partial charge in [-0.2, -0.15) is 0 Å². The molecule has 0 saturated carbocycles. The summed E-state index contributed by atoms with van der Waals surface area (Å²) in [4.78, 5) is 38.7. The van der Waals surface area contributed by atoms with Crippen LogP contribution in [0.25, 0.3) is 0 Å². The average molecular weight is 456 g/mol. The summed E-state index contributed by atoms with van der Waals surface area (Å²) >= 11 is 5.78. The number of hydrogen-bond donors (Lipinski definition) is 2. The maximum Gasteiger partial charge on any atom is 0.290 e. The number of carbonyl (C=O) groups is 3. The number of aliphatic hydroxyl groups is 1. The van der Waals surface area contributed by atoms with Crippen LogP contribution in [-0.4, -0.2) is 74.7 Å².